The van der Waals surface area contributed by atoms with E-state index in [-0.39, 0.29) is 6.61 Å². The molecule has 0 bridgehead atoms. The number of aliphatic hydroxyl groups is 1. The van der Waals surface area contributed by atoms with Crippen molar-refractivity contribution in [2.75, 3.05) is 6.61 Å². The first-order chi connectivity index (χ1) is 10.5. The van der Waals surface area contributed by atoms with Gasteiger partial charge in [-0.1, -0.05) is 0 Å². The fourth-order valence-electron chi connectivity index (χ4n) is 2.90. The number of pyridine rings is 1. The summed E-state index contributed by atoms with van der Waals surface area (Å²) >= 11 is 0. The van der Waals surface area contributed by atoms with Gasteiger partial charge in [0.25, 0.3) is 5.56 Å². The van der Waals surface area contributed by atoms with E-state index in [9.17, 15) is 14.7 Å². The number of carboxylic acid groups (broad SMARTS) is 1. The Morgan fingerprint density at radius 1 is 1.41 bits per heavy atom. The number of hydrogen-bond acceptors (Lipinski definition) is 5. The van der Waals surface area contributed by atoms with Gasteiger partial charge in [-0.3, -0.25) is 9.48 Å². The molecule has 0 atom stereocenters. The predicted octanol–water partition coefficient (Wildman–Crippen LogP) is 0.123. The number of hydrogen-bond donors (Lipinski definition) is 4. The molecule has 2 heterocycles. The topological polar surface area (TPSA) is 128 Å². The fraction of sp³-hybridized carbons (Fsp3) is 0.357. The summed E-state index contributed by atoms with van der Waals surface area (Å²) in [4.78, 5) is 25.6. The number of fused-ring (bicyclic) bond motifs is 3. The Bertz CT molecular complexity index is 806. The van der Waals surface area contributed by atoms with Gasteiger partial charge in [0.2, 0.25) is 0 Å². The highest BCUT2D eigenvalue weighted by Gasteiger charge is 2.26. The number of nitrogens with one attached hydrogen (secondary N) is 1. The molecule has 8 nitrogen and oxygen atoms in total. The minimum absolute atomic E-state index is 0.0549. The number of carboxylic acids is 1. The van der Waals surface area contributed by atoms with E-state index in [1.807, 2.05) is 0 Å². The highest BCUT2D eigenvalue weighted by molar-refractivity contribution is 5.92. The molecule has 0 spiro atoms. The molecular formula is C14H15N3O5. The van der Waals surface area contributed by atoms with E-state index < -0.39 is 22.8 Å². The molecule has 116 valence electrons. The Balaban J connectivity index is 2.26. The zero-order valence-corrected chi connectivity index (χ0v) is 11.7. The third kappa shape index (κ3) is 2.08. The molecule has 0 amide bonds. The molecule has 0 fully saturated rings. The van der Waals surface area contributed by atoms with Gasteiger partial charge in [0, 0.05) is 16.8 Å². The van der Waals surface area contributed by atoms with Gasteiger partial charge < -0.3 is 20.3 Å². The van der Waals surface area contributed by atoms with E-state index >= 15 is 0 Å². The van der Waals surface area contributed by atoms with Crippen LogP contribution in [-0.2, 0) is 19.4 Å². The average molecular weight is 305 g/mol. The molecule has 1 aliphatic rings. The molecule has 4 N–H and O–H groups in total. The van der Waals surface area contributed by atoms with Crippen LogP contribution in [-0.4, -0.2) is 42.7 Å². The monoisotopic (exact) mass is 305 g/mol. The molecular weight excluding hydrogens is 290 g/mol. The average Bonchev–Trinajstić information content (AvgIpc) is 2.74. The Morgan fingerprint density at radius 2 is 2.18 bits per heavy atom. The first-order valence-electron chi connectivity index (χ1n) is 6.92. The molecule has 3 rings (SSSR count). The lowest BCUT2D eigenvalue weighted by Crippen LogP contribution is -2.19. The summed E-state index contributed by atoms with van der Waals surface area (Å²) in [6, 6.07) is 0. The van der Waals surface area contributed by atoms with Gasteiger partial charge in [-0.2, -0.15) is 5.10 Å². The van der Waals surface area contributed by atoms with Crippen molar-refractivity contribution < 1.29 is 20.1 Å². The van der Waals surface area contributed by atoms with Crippen molar-refractivity contribution in [2.45, 2.75) is 25.8 Å². The summed E-state index contributed by atoms with van der Waals surface area (Å²) in [5, 5.41) is 32.5. The molecule has 1 aliphatic carbocycles. The summed E-state index contributed by atoms with van der Waals surface area (Å²) in [6.45, 7) is 0.286. The number of aromatic carboxylic acids is 1. The van der Waals surface area contributed by atoms with Crippen LogP contribution >= 0.6 is 0 Å². The predicted molar refractivity (Wildman–Crippen MR) is 76.0 cm³/mol. The zero-order chi connectivity index (χ0) is 15.9. The van der Waals surface area contributed by atoms with E-state index in [2.05, 4.69) is 10.1 Å². The first-order valence-corrected chi connectivity index (χ1v) is 6.92. The molecule has 2 aromatic heterocycles. The molecule has 0 saturated heterocycles. The largest absolute Gasteiger partial charge is 0.506 e. The second-order valence-corrected chi connectivity index (χ2v) is 5.14. The minimum atomic E-state index is -1.46. The number of aromatic hydroxyl groups is 1. The number of aliphatic hydroxyl groups excluding tert-OH is 1. The second kappa shape index (κ2) is 5.30. The van der Waals surface area contributed by atoms with Gasteiger partial charge in [0.15, 0.2) is 5.56 Å². The van der Waals surface area contributed by atoms with Gasteiger partial charge in [-0.25, -0.2) is 4.79 Å². The Kier molecular flexibility index (Phi) is 3.45. The van der Waals surface area contributed by atoms with E-state index in [0.29, 0.717) is 42.6 Å². The maximum Gasteiger partial charge on any atom is 0.345 e. The second-order valence-electron chi connectivity index (χ2n) is 5.14. The van der Waals surface area contributed by atoms with E-state index in [1.54, 1.807) is 10.9 Å². The lowest BCUT2D eigenvalue weighted by molar-refractivity contribution is 0.0691. The molecule has 0 radical (unpaired) electrons. The number of H-pyrrole nitrogens is 1. The quantitative estimate of drug-likeness (QED) is 0.637. The molecule has 0 saturated carbocycles. The lowest BCUT2D eigenvalue weighted by atomic mass is 10.0. The van der Waals surface area contributed by atoms with E-state index in [0.717, 1.165) is 5.69 Å². The van der Waals surface area contributed by atoms with Gasteiger partial charge in [0.1, 0.15) is 5.75 Å². The van der Waals surface area contributed by atoms with Crippen molar-refractivity contribution in [3.05, 3.63) is 33.4 Å². The van der Waals surface area contributed by atoms with Crippen LogP contribution in [0.2, 0.25) is 0 Å². The summed E-state index contributed by atoms with van der Waals surface area (Å²) in [5.41, 5.74) is 0.858. The third-order valence-electron chi connectivity index (χ3n) is 3.87. The van der Waals surface area contributed by atoms with Crippen LogP contribution in [0.15, 0.2) is 11.0 Å². The van der Waals surface area contributed by atoms with E-state index in [4.69, 9.17) is 10.2 Å². The van der Waals surface area contributed by atoms with Crippen LogP contribution in [0.5, 0.6) is 5.75 Å². The van der Waals surface area contributed by atoms with Crippen LogP contribution in [0.3, 0.4) is 0 Å². The molecule has 2 aromatic rings. The molecule has 22 heavy (non-hydrogen) atoms. The SMILES string of the molecule is O=C(O)c1c(O)c2c([nH]c1=O)-c1cnn(CCO)c1CCC2. The zero-order valence-electron chi connectivity index (χ0n) is 11.7. The van der Waals surface area contributed by atoms with Gasteiger partial charge in [0.05, 0.1) is 25.0 Å². The van der Waals surface area contributed by atoms with Crippen molar-refractivity contribution in [1.82, 2.24) is 14.8 Å². The van der Waals surface area contributed by atoms with Crippen LogP contribution in [0.25, 0.3) is 11.3 Å². The maximum absolute atomic E-state index is 11.9. The van der Waals surface area contributed by atoms with E-state index in [1.165, 1.54) is 0 Å². The van der Waals surface area contributed by atoms with Crippen molar-refractivity contribution >= 4 is 5.97 Å². The van der Waals surface area contributed by atoms with Crippen LogP contribution < -0.4 is 5.56 Å². The summed E-state index contributed by atoms with van der Waals surface area (Å²) in [6.07, 6.45) is 3.35. The Hall–Kier alpha value is -2.61. The molecule has 0 unspecified atom stereocenters. The lowest BCUT2D eigenvalue weighted by Gasteiger charge is -2.10. The molecule has 8 heteroatoms. The van der Waals surface area contributed by atoms with Gasteiger partial charge in [-0.05, 0) is 19.3 Å². The molecule has 0 aliphatic heterocycles. The van der Waals surface area contributed by atoms with Crippen LogP contribution in [0.1, 0.15) is 28.0 Å². The fourth-order valence-corrected chi connectivity index (χ4v) is 2.90. The van der Waals surface area contributed by atoms with Gasteiger partial charge in [-0.15, -0.1) is 0 Å². The summed E-state index contributed by atoms with van der Waals surface area (Å²) in [7, 11) is 0. The summed E-state index contributed by atoms with van der Waals surface area (Å²) in [5.74, 6) is -1.93. The highest BCUT2D eigenvalue weighted by atomic mass is 16.4. The third-order valence-corrected chi connectivity index (χ3v) is 3.87. The van der Waals surface area contributed by atoms with Crippen molar-refractivity contribution in [3.63, 3.8) is 0 Å². The van der Waals surface area contributed by atoms with Crippen molar-refractivity contribution in [1.29, 1.82) is 0 Å². The van der Waals surface area contributed by atoms with Crippen molar-refractivity contribution in [2.24, 2.45) is 0 Å². The summed E-state index contributed by atoms with van der Waals surface area (Å²) < 4.78 is 1.66. The Morgan fingerprint density at radius 3 is 2.86 bits per heavy atom. The number of rotatable bonds is 3. The minimum Gasteiger partial charge on any atom is -0.506 e. The van der Waals surface area contributed by atoms with Crippen molar-refractivity contribution in [3.8, 4) is 17.0 Å². The number of aromatic nitrogens is 3. The number of nitrogens with zero attached hydrogens (tertiary/aromatic N) is 2. The smallest absolute Gasteiger partial charge is 0.345 e. The standard InChI is InChI=1S/C14H15N3O5/c18-5-4-17-9-3-1-2-7-11(8(9)6-15-17)16-13(20)10(12(7)19)14(21)22/h6,18H,1-5H2,(H,21,22)(H2,16,19,20). The normalized spacial score (nSPS) is 13.3. The van der Waals surface area contributed by atoms with Gasteiger partial charge >= 0.3 is 5.97 Å². The first kappa shape index (κ1) is 14.3. The van der Waals surface area contributed by atoms with Crippen LogP contribution in [0.4, 0.5) is 0 Å². The molecule has 0 aromatic carbocycles. The highest BCUT2D eigenvalue weighted by Crippen LogP contribution is 2.35. The Labute approximate surface area is 124 Å². The maximum atomic E-state index is 11.9. The van der Waals surface area contributed by atoms with Crippen LogP contribution in [0, 0.1) is 0 Å². The number of aromatic amines is 1. The number of carbonyl (C=O) groups is 1.